The monoisotopic (exact) mass is 307 g/mol. The molecule has 0 radical (unpaired) electrons. The van der Waals surface area contributed by atoms with E-state index < -0.39 is 24.0 Å². The highest BCUT2D eigenvalue weighted by Gasteiger charge is 2.46. The highest BCUT2D eigenvalue weighted by molar-refractivity contribution is 5.18. The van der Waals surface area contributed by atoms with Crippen molar-refractivity contribution in [3.63, 3.8) is 0 Å². The van der Waals surface area contributed by atoms with Crippen LogP contribution in [0.2, 0.25) is 0 Å². The molecule has 0 aliphatic carbocycles. The van der Waals surface area contributed by atoms with E-state index in [-0.39, 0.29) is 12.6 Å². The highest BCUT2D eigenvalue weighted by atomic mass is 16.8. The standard InChI is InChI=1S/C17H25NO4/c1-5-14(16-15(11-19)21-17(3,4)22-16)18(20)12(2)13-9-7-6-8-10-13/h5-10,12,14-16,19-20H,1,11H2,2-4H3/t12?,14-,15+,16-/m0/s1. The van der Waals surface area contributed by atoms with Gasteiger partial charge in [0.2, 0.25) is 0 Å². The summed E-state index contributed by atoms with van der Waals surface area (Å²) in [6.07, 6.45) is 0.627. The molecule has 1 aliphatic heterocycles. The van der Waals surface area contributed by atoms with Crippen LogP contribution in [0.4, 0.5) is 0 Å². The van der Waals surface area contributed by atoms with Gasteiger partial charge in [0.1, 0.15) is 12.2 Å². The molecule has 1 fully saturated rings. The van der Waals surface area contributed by atoms with Crippen molar-refractivity contribution in [2.45, 2.75) is 50.8 Å². The Morgan fingerprint density at radius 1 is 1.32 bits per heavy atom. The summed E-state index contributed by atoms with van der Waals surface area (Å²) in [5.41, 5.74) is 0.982. The number of hydrogen-bond acceptors (Lipinski definition) is 5. The lowest BCUT2D eigenvalue weighted by Gasteiger charge is -2.34. The lowest BCUT2D eigenvalue weighted by molar-refractivity contribution is -0.190. The van der Waals surface area contributed by atoms with Crippen molar-refractivity contribution < 1.29 is 19.8 Å². The van der Waals surface area contributed by atoms with Gasteiger partial charge in [0.05, 0.1) is 18.7 Å². The zero-order valence-corrected chi connectivity index (χ0v) is 13.3. The predicted molar refractivity (Wildman–Crippen MR) is 83.4 cm³/mol. The first-order valence-electron chi connectivity index (χ1n) is 7.51. The van der Waals surface area contributed by atoms with Crippen molar-refractivity contribution in [3.8, 4) is 0 Å². The molecule has 4 atom stereocenters. The van der Waals surface area contributed by atoms with Gasteiger partial charge in [-0.25, -0.2) is 0 Å². The number of rotatable bonds is 6. The number of ether oxygens (including phenoxy) is 2. The summed E-state index contributed by atoms with van der Waals surface area (Å²) in [7, 11) is 0. The molecule has 1 heterocycles. The van der Waals surface area contributed by atoms with Gasteiger partial charge in [0.25, 0.3) is 0 Å². The SMILES string of the molecule is C=C[C@@H]([C@@H]1OC(C)(C)O[C@@H]1CO)N(O)C(C)c1ccccc1. The van der Waals surface area contributed by atoms with Gasteiger partial charge in [-0.1, -0.05) is 36.4 Å². The van der Waals surface area contributed by atoms with Gasteiger partial charge in [-0.15, -0.1) is 6.58 Å². The van der Waals surface area contributed by atoms with E-state index in [9.17, 15) is 10.3 Å². The molecule has 1 aromatic rings. The average molecular weight is 307 g/mol. The Bertz CT molecular complexity index is 491. The third kappa shape index (κ3) is 3.56. The van der Waals surface area contributed by atoms with Crippen molar-refractivity contribution in [2.24, 2.45) is 0 Å². The molecule has 0 amide bonds. The van der Waals surface area contributed by atoms with Crippen molar-refractivity contribution >= 4 is 0 Å². The Labute approximate surface area is 131 Å². The molecule has 0 spiro atoms. The van der Waals surface area contributed by atoms with Crippen LogP contribution in [-0.4, -0.2) is 46.0 Å². The quantitative estimate of drug-likeness (QED) is 0.624. The lowest BCUT2D eigenvalue weighted by Crippen LogP contribution is -2.47. The minimum Gasteiger partial charge on any atom is -0.394 e. The molecule has 1 aliphatic rings. The number of hydrogen-bond donors (Lipinski definition) is 2. The predicted octanol–water partition coefficient (Wildman–Crippen LogP) is 2.51. The molecule has 2 rings (SSSR count). The van der Waals surface area contributed by atoms with Gasteiger partial charge in [-0.05, 0) is 26.3 Å². The minimum absolute atomic E-state index is 0.175. The zero-order valence-electron chi connectivity index (χ0n) is 13.3. The highest BCUT2D eigenvalue weighted by Crippen LogP contribution is 2.33. The molecule has 0 aromatic heterocycles. The van der Waals surface area contributed by atoms with E-state index in [0.29, 0.717) is 0 Å². The largest absolute Gasteiger partial charge is 0.394 e. The first kappa shape index (κ1) is 17.1. The summed E-state index contributed by atoms with van der Waals surface area (Å²) in [5, 5.41) is 21.3. The van der Waals surface area contributed by atoms with Gasteiger partial charge in [0.15, 0.2) is 5.79 Å². The van der Waals surface area contributed by atoms with E-state index in [0.717, 1.165) is 5.56 Å². The molecule has 1 unspecified atom stereocenters. The fourth-order valence-corrected chi connectivity index (χ4v) is 2.83. The first-order chi connectivity index (χ1) is 10.4. The summed E-state index contributed by atoms with van der Waals surface area (Å²) in [6.45, 7) is 9.11. The first-order valence-corrected chi connectivity index (χ1v) is 7.51. The van der Waals surface area contributed by atoms with Crippen molar-refractivity contribution in [2.75, 3.05) is 6.61 Å². The Kier molecular flexibility index (Phi) is 5.36. The van der Waals surface area contributed by atoms with Crippen LogP contribution in [-0.2, 0) is 9.47 Å². The number of benzene rings is 1. The summed E-state index contributed by atoms with van der Waals surface area (Å²) >= 11 is 0. The van der Waals surface area contributed by atoms with E-state index in [2.05, 4.69) is 6.58 Å². The molecular weight excluding hydrogens is 282 g/mol. The lowest BCUT2D eigenvalue weighted by atomic mass is 10.0. The molecule has 5 nitrogen and oxygen atoms in total. The molecule has 0 saturated carbocycles. The summed E-state index contributed by atoms with van der Waals surface area (Å²) in [5.74, 6) is -0.795. The van der Waals surface area contributed by atoms with Crippen LogP contribution in [0.25, 0.3) is 0 Å². The second-order valence-electron chi connectivity index (χ2n) is 6.01. The van der Waals surface area contributed by atoms with E-state index in [1.54, 1.807) is 19.9 Å². The van der Waals surface area contributed by atoms with Gasteiger partial charge >= 0.3 is 0 Å². The smallest absolute Gasteiger partial charge is 0.163 e. The van der Waals surface area contributed by atoms with Crippen molar-refractivity contribution in [3.05, 3.63) is 48.6 Å². The Hall–Kier alpha value is -1.24. The molecule has 2 N–H and O–H groups in total. The van der Waals surface area contributed by atoms with Gasteiger partial charge < -0.3 is 19.8 Å². The Balaban J connectivity index is 2.18. The second-order valence-corrected chi connectivity index (χ2v) is 6.01. The number of aliphatic hydroxyl groups excluding tert-OH is 1. The molecule has 0 bridgehead atoms. The maximum atomic E-state index is 10.6. The van der Waals surface area contributed by atoms with E-state index in [1.165, 1.54) is 5.06 Å². The van der Waals surface area contributed by atoms with Crippen LogP contribution in [0, 0.1) is 0 Å². The fraction of sp³-hybridized carbons (Fsp3) is 0.529. The maximum Gasteiger partial charge on any atom is 0.163 e. The average Bonchev–Trinajstić information content (AvgIpc) is 2.83. The van der Waals surface area contributed by atoms with Crippen LogP contribution < -0.4 is 0 Å². The second kappa shape index (κ2) is 6.89. The normalized spacial score (nSPS) is 26.8. The maximum absolute atomic E-state index is 10.6. The third-order valence-corrected chi connectivity index (χ3v) is 3.96. The molecular formula is C17H25NO4. The summed E-state index contributed by atoms with van der Waals surface area (Å²) in [4.78, 5) is 0. The Morgan fingerprint density at radius 3 is 2.50 bits per heavy atom. The van der Waals surface area contributed by atoms with E-state index in [4.69, 9.17) is 9.47 Å². The molecule has 1 saturated heterocycles. The molecule has 1 aromatic carbocycles. The van der Waals surface area contributed by atoms with Crippen molar-refractivity contribution in [1.29, 1.82) is 0 Å². The van der Waals surface area contributed by atoms with E-state index in [1.807, 2.05) is 37.3 Å². The van der Waals surface area contributed by atoms with Crippen LogP contribution in [0.5, 0.6) is 0 Å². The van der Waals surface area contributed by atoms with Crippen LogP contribution in [0.1, 0.15) is 32.4 Å². The number of nitrogens with zero attached hydrogens (tertiary/aromatic N) is 1. The number of aliphatic hydroxyl groups is 1. The van der Waals surface area contributed by atoms with Gasteiger partial charge in [0, 0.05) is 0 Å². The molecule has 22 heavy (non-hydrogen) atoms. The van der Waals surface area contributed by atoms with Crippen molar-refractivity contribution in [1.82, 2.24) is 5.06 Å². The topological polar surface area (TPSA) is 62.2 Å². The fourth-order valence-electron chi connectivity index (χ4n) is 2.83. The summed E-state index contributed by atoms with van der Waals surface area (Å²) < 4.78 is 11.5. The zero-order chi connectivity index (χ0) is 16.3. The minimum atomic E-state index is -0.795. The summed E-state index contributed by atoms with van der Waals surface area (Å²) in [6, 6.07) is 8.96. The molecule has 122 valence electrons. The van der Waals surface area contributed by atoms with Gasteiger partial charge in [-0.3, -0.25) is 0 Å². The van der Waals surface area contributed by atoms with Crippen LogP contribution in [0.15, 0.2) is 43.0 Å². The van der Waals surface area contributed by atoms with Crippen LogP contribution >= 0.6 is 0 Å². The van der Waals surface area contributed by atoms with Gasteiger partial charge in [-0.2, -0.15) is 5.06 Å². The Morgan fingerprint density at radius 2 is 1.95 bits per heavy atom. The molecule has 5 heteroatoms. The number of hydroxylamine groups is 2. The van der Waals surface area contributed by atoms with E-state index >= 15 is 0 Å². The van der Waals surface area contributed by atoms with Crippen LogP contribution in [0.3, 0.4) is 0 Å². The third-order valence-electron chi connectivity index (χ3n) is 3.96.